The molecule has 5 heteroatoms. The first-order chi connectivity index (χ1) is 13.8. The monoisotopic (exact) mass is 371 g/mol. The summed E-state index contributed by atoms with van der Waals surface area (Å²) >= 11 is 0. The quantitative estimate of drug-likeness (QED) is 0.498. The first-order valence-corrected chi connectivity index (χ1v) is 9.22. The van der Waals surface area contributed by atoms with Gasteiger partial charge in [-0.3, -0.25) is 4.79 Å². The molecule has 0 aliphatic rings. The molecule has 0 spiro atoms. The van der Waals surface area contributed by atoms with Crippen molar-refractivity contribution in [2.45, 2.75) is 19.0 Å². The van der Waals surface area contributed by atoms with Crippen molar-refractivity contribution in [3.05, 3.63) is 96.8 Å². The summed E-state index contributed by atoms with van der Waals surface area (Å²) in [4.78, 5) is 16.6. The number of rotatable bonds is 7. The van der Waals surface area contributed by atoms with Gasteiger partial charge in [0.15, 0.2) is 0 Å². The molecule has 2 aromatic heterocycles. The Morgan fingerprint density at radius 1 is 1.14 bits per heavy atom. The number of benzene rings is 2. The van der Waals surface area contributed by atoms with Gasteiger partial charge in [-0.05, 0) is 24.1 Å². The maximum atomic E-state index is 12.6. The summed E-state index contributed by atoms with van der Waals surface area (Å²) in [6.07, 6.45) is 11.2. The third-order valence-corrected chi connectivity index (χ3v) is 4.59. The highest BCUT2D eigenvalue weighted by molar-refractivity contribution is 5.95. The fraction of sp³-hybridized carbons (Fsp3) is 0.130. The van der Waals surface area contributed by atoms with Crippen LogP contribution >= 0.6 is 0 Å². The Hall–Kier alpha value is -3.60. The zero-order valence-electron chi connectivity index (χ0n) is 15.4. The number of carbonyl (C=O) groups excluding carboxylic acids is 1. The molecule has 0 aliphatic carbocycles. The number of furan rings is 1. The number of aromatic nitrogens is 2. The molecule has 0 saturated carbocycles. The molecule has 1 N–H and O–H groups in total. The van der Waals surface area contributed by atoms with Crippen molar-refractivity contribution in [3.8, 4) is 0 Å². The van der Waals surface area contributed by atoms with Crippen molar-refractivity contribution in [1.82, 2.24) is 14.9 Å². The fourth-order valence-corrected chi connectivity index (χ4v) is 3.25. The van der Waals surface area contributed by atoms with Crippen LogP contribution in [0.5, 0.6) is 0 Å². The number of nitrogens with one attached hydrogen (secondary N) is 1. The van der Waals surface area contributed by atoms with E-state index in [4.69, 9.17) is 4.42 Å². The highest BCUT2D eigenvalue weighted by Gasteiger charge is 2.13. The molecule has 140 valence electrons. The van der Waals surface area contributed by atoms with E-state index in [1.54, 1.807) is 30.9 Å². The lowest BCUT2D eigenvalue weighted by molar-refractivity contribution is -0.117. The van der Waals surface area contributed by atoms with E-state index in [1.165, 1.54) is 5.56 Å². The van der Waals surface area contributed by atoms with Crippen LogP contribution in [0.15, 0.2) is 90.1 Å². The first kappa shape index (κ1) is 17.8. The second-order valence-corrected chi connectivity index (χ2v) is 6.68. The SMILES string of the molecule is O=C(/C=C/c1coc2ccccc12)NC(Cc1ccccc1)Cn1ccnc1. The number of para-hydroxylation sites is 1. The number of hydrogen-bond donors (Lipinski definition) is 1. The van der Waals surface area contributed by atoms with E-state index in [0.717, 1.165) is 23.0 Å². The molecule has 0 fully saturated rings. The van der Waals surface area contributed by atoms with Crippen LogP contribution in [0.4, 0.5) is 0 Å². The second-order valence-electron chi connectivity index (χ2n) is 6.68. The highest BCUT2D eigenvalue weighted by atomic mass is 16.3. The van der Waals surface area contributed by atoms with Gasteiger partial charge in [-0.15, -0.1) is 0 Å². The van der Waals surface area contributed by atoms with Gasteiger partial charge in [0.25, 0.3) is 0 Å². The maximum Gasteiger partial charge on any atom is 0.244 e. The van der Waals surface area contributed by atoms with Crippen molar-refractivity contribution < 1.29 is 9.21 Å². The van der Waals surface area contributed by atoms with Gasteiger partial charge in [-0.1, -0.05) is 48.5 Å². The minimum Gasteiger partial charge on any atom is -0.464 e. The molecule has 28 heavy (non-hydrogen) atoms. The molecule has 0 saturated heterocycles. The van der Waals surface area contributed by atoms with Gasteiger partial charge in [-0.2, -0.15) is 0 Å². The minimum absolute atomic E-state index is 0.0464. The molecule has 2 aromatic carbocycles. The number of nitrogens with zero attached hydrogens (tertiary/aromatic N) is 2. The lowest BCUT2D eigenvalue weighted by atomic mass is 10.1. The molecule has 2 heterocycles. The summed E-state index contributed by atoms with van der Waals surface area (Å²) in [6.45, 7) is 0.656. The average molecular weight is 371 g/mol. The Labute approximate surface area is 163 Å². The van der Waals surface area contributed by atoms with Crippen molar-refractivity contribution in [3.63, 3.8) is 0 Å². The molecule has 1 unspecified atom stereocenters. The number of hydrogen-bond acceptors (Lipinski definition) is 3. The smallest absolute Gasteiger partial charge is 0.244 e. The lowest BCUT2D eigenvalue weighted by Gasteiger charge is -2.18. The normalized spacial score (nSPS) is 12.4. The van der Waals surface area contributed by atoms with E-state index in [-0.39, 0.29) is 11.9 Å². The molecule has 4 rings (SSSR count). The van der Waals surface area contributed by atoms with Gasteiger partial charge in [0, 0.05) is 36.0 Å². The number of carbonyl (C=O) groups is 1. The summed E-state index contributed by atoms with van der Waals surface area (Å²) in [5.74, 6) is -0.133. The predicted octanol–water partition coefficient (Wildman–Crippen LogP) is 4.07. The molecular formula is C23H21N3O2. The van der Waals surface area contributed by atoms with Crippen molar-refractivity contribution >= 4 is 23.0 Å². The van der Waals surface area contributed by atoms with Crippen molar-refractivity contribution in [2.75, 3.05) is 0 Å². The van der Waals surface area contributed by atoms with Gasteiger partial charge in [0.05, 0.1) is 18.6 Å². The van der Waals surface area contributed by atoms with Crippen LogP contribution in [0.3, 0.4) is 0 Å². The van der Waals surface area contributed by atoms with E-state index >= 15 is 0 Å². The Kier molecular flexibility index (Phi) is 5.33. The summed E-state index contributed by atoms with van der Waals surface area (Å²) in [6, 6.07) is 17.9. The van der Waals surface area contributed by atoms with E-state index in [2.05, 4.69) is 22.4 Å². The molecule has 0 radical (unpaired) electrons. The standard InChI is InChI=1S/C23H21N3O2/c27-23(11-10-19-16-28-22-9-5-4-8-21(19)22)25-20(15-26-13-12-24-17-26)14-18-6-2-1-3-7-18/h1-13,16-17,20H,14-15H2,(H,25,27)/b11-10+. The summed E-state index contributed by atoms with van der Waals surface area (Å²) in [7, 11) is 0. The van der Waals surface area contributed by atoms with E-state index in [9.17, 15) is 4.79 Å². The maximum absolute atomic E-state index is 12.6. The van der Waals surface area contributed by atoms with Gasteiger partial charge >= 0.3 is 0 Å². The largest absolute Gasteiger partial charge is 0.464 e. The molecule has 5 nitrogen and oxygen atoms in total. The third kappa shape index (κ3) is 4.38. The van der Waals surface area contributed by atoms with Crippen LogP contribution in [0.25, 0.3) is 17.0 Å². The molecule has 4 aromatic rings. The minimum atomic E-state index is -0.133. The topological polar surface area (TPSA) is 60.1 Å². The Bertz CT molecular complexity index is 1070. The first-order valence-electron chi connectivity index (χ1n) is 9.22. The van der Waals surface area contributed by atoms with Crippen LogP contribution in [-0.4, -0.2) is 21.5 Å². The van der Waals surface area contributed by atoms with Crippen LogP contribution in [0, 0.1) is 0 Å². The van der Waals surface area contributed by atoms with Crippen molar-refractivity contribution in [1.29, 1.82) is 0 Å². The number of imidazole rings is 1. The molecule has 1 atom stereocenters. The van der Waals surface area contributed by atoms with Gasteiger partial charge < -0.3 is 14.3 Å². The molecule has 0 bridgehead atoms. The Balaban J connectivity index is 1.46. The van der Waals surface area contributed by atoms with Crippen LogP contribution < -0.4 is 5.32 Å². The lowest BCUT2D eigenvalue weighted by Crippen LogP contribution is -2.38. The fourth-order valence-electron chi connectivity index (χ4n) is 3.25. The second kappa shape index (κ2) is 8.39. The zero-order chi connectivity index (χ0) is 19.2. The molecule has 1 amide bonds. The third-order valence-electron chi connectivity index (χ3n) is 4.59. The van der Waals surface area contributed by atoms with Gasteiger partial charge in [-0.25, -0.2) is 4.98 Å². The molecule has 0 aliphatic heterocycles. The van der Waals surface area contributed by atoms with Crippen LogP contribution in [-0.2, 0) is 17.8 Å². The van der Waals surface area contributed by atoms with E-state index in [1.807, 2.05) is 53.2 Å². The summed E-state index contributed by atoms with van der Waals surface area (Å²) < 4.78 is 7.49. The van der Waals surface area contributed by atoms with E-state index in [0.29, 0.717) is 6.54 Å². The Morgan fingerprint density at radius 2 is 1.96 bits per heavy atom. The molecular weight excluding hydrogens is 350 g/mol. The highest BCUT2D eigenvalue weighted by Crippen LogP contribution is 2.21. The van der Waals surface area contributed by atoms with E-state index < -0.39 is 0 Å². The van der Waals surface area contributed by atoms with Gasteiger partial charge in [0.1, 0.15) is 5.58 Å². The Morgan fingerprint density at radius 3 is 2.79 bits per heavy atom. The summed E-state index contributed by atoms with van der Waals surface area (Å²) in [5, 5.41) is 4.10. The van der Waals surface area contributed by atoms with Crippen LogP contribution in [0.1, 0.15) is 11.1 Å². The predicted molar refractivity (Wildman–Crippen MR) is 110 cm³/mol. The number of fused-ring (bicyclic) bond motifs is 1. The van der Waals surface area contributed by atoms with Crippen LogP contribution in [0.2, 0.25) is 0 Å². The van der Waals surface area contributed by atoms with Gasteiger partial charge in [0.2, 0.25) is 5.91 Å². The summed E-state index contributed by atoms with van der Waals surface area (Å²) in [5.41, 5.74) is 2.88. The zero-order valence-corrected chi connectivity index (χ0v) is 15.4. The number of amides is 1. The average Bonchev–Trinajstić information content (AvgIpc) is 3.37. The van der Waals surface area contributed by atoms with Crippen molar-refractivity contribution in [2.24, 2.45) is 0 Å².